The molecule has 1 rings (SSSR count). The number of nitrogens with one attached hydrogen (secondary N) is 2. The third-order valence-electron chi connectivity index (χ3n) is 2.81. The fourth-order valence-electron chi connectivity index (χ4n) is 1.92. The second-order valence-corrected chi connectivity index (χ2v) is 4.91. The number of nitrogens with zero attached hydrogens (tertiary/aromatic N) is 2. The van der Waals surface area contributed by atoms with E-state index >= 15 is 0 Å². The Morgan fingerprint density at radius 1 is 1.45 bits per heavy atom. The van der Waals surface area contributed by atoms with Gasteiger partial charge < -0.3 is 20.6 Å². The molecular formula is C13H22N4O3. The van der Waals surface area contributed by atoms with Crippen molar-refractivity contribution in [3.8, 4) is 0 Å². The van der Waals surface area contributed by atoms with Gasteiger partial charge in [0.25, 0.3) is 5.69 Å². The zero-order chi connectivity index (χ0) is 15.1. The molecule has 0 spiro atoms. The summed E-state index contributed by atoms with van der Waals surface area (Å²) in [6.07, 6.45) is -0.462. The van der Waals surface area contributed by atoms with E-state index in [1.807, 2.05) is 25.1 Å². The quantitative estimate of drug-likeness (QED) is 0.479. The van der Waals surface area contributed by atoms with Crippen molar-refractivity contribution in [2.45, 2.75) is 12.6 Å². The van der Waals surface area contributed by atoms with Gasteiger partial charge in [-0.15, -0.1) is 0 Å². The number of aliphatic hydroxyl groups excluding tert-OH is 1. The molecule has 0 aliphatic heterocycles. The Morgan fingerprint density at radius 2 is 2.15 bits per heavy atom. The van der Waals surface area contributed by atoms with Gasteiger partial charge in [0.1, 0.15) is 5.69 Å². The van der Waals surface area contributed by atoms with Crippen molar-refractivity contribution >= 4 is 11.4 Å². The maximum absolute atomic E-state index is 10.9. The minimum atomic E-state index is -0.462. The van der Waals surface area contributed by atoms with E-state index in [1.54, 1.807) is 13.1 Å². The molecule has 20 heavy (non-hydrogen) atoms. The van der Waals surface area contributed by atoms with Crippen molar-refractivity contribution in [3.05, 3.63) is 33.9 Å². The molecule has 0 saturated carbocycles. The van der Waals surface area contributed by atoms with E-state index < -0.39 is 11.0 Å². The van der Waals surface area contributed by atoms with Gasteiger partial charge in [0.15, 0.2) is 0 Å². The van der Waals surface area contributed by atoms with Gasteiger partial charge in [-0.25, -0.2) is 0 Å². The Bertz CT molecular complexity index is 451. The first-order valence-electron chi connectivity index (χ1n) is 6.42. The van der Waals surface area contributed by atoms with Crippen LogP contribution in [0, 0.1) is 10.1 Å². The van der Waals surface area contributed by atoms with Crippen LogP contribution in [0.1, 0.15) is 5.56 Å². The number of likely N-dealkylation sites (N-methyl/N-ethyl adjacent to an activating group) is 1. The lowest BCUT2D eigenvalue weighted by molar-refractivity contribution is -0.384. The highest BCUT2D eigenvalue weighted by Crippen LogP contribution is 2.24. The van der Waals surface area contributed by atoms with E-state index in [0.717, 1.165) is 5.56 Å². The first kappa shape index (κ1) is 16.4. The molecule has 1 atom stereocenters. The summed E-state index contributed by atoms with van der Waals surface area (Å²) in [7, 11) is 5.43. The molecule has 0 aromatic heterocycles. The number of nitro groups is 1. The highest BCUT2D eigenvalue weighted by atomic mass is 16.6. The van der Waals surface area contributed by atoms with Crippen molar-refractivity contribution in [1.82, 2.24) is 10.2 Å². The largest absolute Gasteiger partial charge is 0.390 e. The van der Waals surface area contributed by atoms with Gasteiger partial charge in [0.2, 0.25) is 0 Å². The zero-order valence-corrected chi connectivity index (χ0v) is 12.1. The second kappa shape index (κ2) is 7.78. The molecule has 0 amide bonds. The monoisotopic (exact) mass is 282 g/mol. The van der Waals surface area contributed by atoms with Gasteiger partial charge in [0.05, 0.1) is 11.0 Å². The molecule has 3 N–H and O–H groups in total. The molecule has 0 bridgehead atoms. The Balaban J connectivity index is 2.56. The Labute approximate surface area is 118 Å². The molecular weight excluding hydrogens is 260 g/mol. The molecule has 0 aliphatic rings. The summed E-state index contributed by atoms with van der Waals surface area (Å²) in [6.45, 7) is 1.50. The fraction of sp³-hybridized carbons (Fsp3) is 0.538. The number of nitro benzene ring substituents is 1. The lowest BCUT2D eigenvalue weighted by Gasteiger charge is -2.16. The van der Waals surface area contributed by atoms with Gasteiger partial charge in [-0.3, -0.25) is 10.1 Å². The summed E-state index contributed by atoms with van der Waals surface area (Å²) in [4.78, 5) is 12.4. The van der Waals surface area contributed by atoms with Crippen molar-refractivity contribution in [3.63, 3.8) is 0 Å². The van der Waals surface area contributed by atoms with E-state index in [-0.39, 0.29) is 5.69 Å². The molecule has 1 unspecified atom stereocenters. The van der Waals surface area contributed by atoms with Crippen LogP contribution < -0.4 is 10.6 Å². The van der Waals surface area contributed by atoms with Crippen LogP contribution in [0.25, 0.3) is 0 Å². The van der Waals surface area contributed by atoms with Crippen LogP contribution in [0.15, 0.2) is 18.2 Å². The fourth-order valence-corrected chi connectivity index (χ4v) is 1.92. The number of aliphatic hydroxyl groups is 1. The number of hydrogen-bond acceptors (Lipinski definition) is 6. The lowest BCUT2D eigenvalue weighted by atomic mass is 10.1. The summed E-state index contributed by atoms with van der Waals surface area (Å²) < 4.78 is 0. The molecule has 0 saturated heterocycles. The summed E-state index contributed by atoms with van der Waals surface area (Å²) in [5, 5.41) is 26.5. The van der Waals surface area contributed by atoms with E-state index in [9.17, 15) is 15.2 Å². The van der Waals surface area contributed by atoms with Crippen molar-refractivity contribution in [2.75, 3.05) is 39.5 Å². The first-order chi connectivity index (χ1) is 9.43. The SMILES string of the molecule is CNc1ccc(CNCC(O)CN(C)C)cc1[N+](=O)[O-]. The summed E-state index contributed by atoms with van der Waals surface area (Å²) in [6, 6.07) is 5.05. The molecule has 0 radical (unpaired) electrons. The standard InChI is InChI=1S/C13H22N4O3/c1-14-12-5-4-10(6-13(12)17(19)20)7-15-8-11(18)9-16(2)3/h4-6,11,14-15,18H,7-9H2,1-3H3. The summed E-state index contributed by atoms with van der Waals surface area (Å²) in [5.74, 6) is 0. The number of benzene rings is 1. The molecule has 1 aromatic carbocycles. The molecule has 0 fully saturated rings. The van der Waals surface area contributed by atoms with Gasteiger partial charge in [-0.1, -0.05) is 6.07 Å². The van der Waals surface area contributed by atoms with E-state index in [0.29, 0.717) is 25.3 Å². The third kappa shape index (κ3) is 5.12. The number of rotatable bonds is 8. The van der Waals surface area contributed by atoms with Crippen molar-refractivity contribution in [1.29, 1.82) is 0 Å². The second-order valence-electron chi connectivity index (χ2n) is 4.91. The van der Waals surface area contributed by atoms with Crippen LogP contribution in [0.2, 0.25) is 0 Å². The maximum atomic E-state index is 10.9. The van der Waals surface area contributed by atoms with Crippen molar-refractivity contribution in [2.24, 2.45) is 0 Å². The van der Waals surface area contributed by atoms with Crippen LogP contribution in [0.4, 0.5) is 11.4 Å². The molecule has 0 aliphatic carbocycles. The molecule has 0 heterocycles. The maximum Gasteiger partial charge on any atom is 0.292 e. The number of hydrogen-bond donors (Lipinski definition) is 3. The molecule has 7 heteroatoms. The van der Waals surface area contributed by atoms with Crippen LogP contribution in [0.5, 0.6) is 0 Å². The third-order valence-corrected chi connectivity index (χ3v) is 2.81. The normalized spacial score (nSPS) is 12.4. The highest BCUT2D eigenvalue weighted by molar-refractivity contribution is 5.62. The molecule has 1 aromatic rings. The molecule has 112 valence electrons. The van der Waals surface area contributed by atoms with E-state index in [1.165, 1.54) is 6.07 Å². The first-order valence-corrected chi connectivity index (χ1v) is 6.42. The smallest absolute Gasteiger partial charge is 0.292 e. The van der Waals surface area contributed by atoms with Crippen LogP contribution in [0.3, 0.4) is 0 Å². The van der Waals surface area contributed by atoms with Gasteiger partial charge >= 0.3 is 0 Å². The predicted molar refractivity (Wildman–Crippen MR) is 78.9 cm³/mol. The Morgan fingerprint density at radius 3 is 2.70 bits per heavy atom. The van der Waals surface area contributed by atoms with Gasteiger partial charge in [-0.2, -0.15) is 0 Å². The van der Waals surface area contributed by atoms with E-state index in [4.69, 9.17) is 0 Å². The van der Waals surface area contributed by atoms with Gasteiger partial charge in [-0.05, 0) is 25.7 Å². The van der Waals surface area contributed by atoms with Crippen LogP contribution in [-0.2, 0) is 6.54 Å². The lowest BCUT2D eigenvalue weighted by Crippen LogP contribution is -2.34. The zero-order valence-electron chi connectivity index (χ0n) is 12.1. The predicted octanol–water partition coefficient (Wildman–Crippen LogP) is 0.649. The number of anilines is 1. The topological polar surface area (TPSA) is 90.7 Å². The Kier molecular flexibility index (Phi) is 6.37. The summed E-state index contributed by atoms with van der Waals surface area (Å²) in [5.41, 5.74) is 1.36. The minimum absolute atomic E-state index is 0.0561. The van der Waals surface area contributed by atoms with E-state index in [2.05, 4.69) is 10.6 Å². The van der Waals surface area contributed by atoms with Gasteiger partial charge in [0, 0.05) is 32.7 Å². The minimum Gasteiger partial charge on any atom is -0.390 e. The Hall–Kier alpha value is -1.70. The highest BCUT2D eigenvalue weighted by Gasteiger charge is 2.13. The average Bonchev–Trinajstić information content (AvgIpc) is 2.37. The summed E-state index contributed by atoms with van der Waals surface area (Å²) >= 11 is 0. The van der Waals surface area contributed by atoms with Crippen LogP contribution >= 0.6 is 0 Å². The average molecular weight is 282 g/mol. The van der Waals surface area contributed by atoms with Crippen LogP contribution in [-0.4, -0.2) is 55.3 Å². The molecule has 7 nitrogen and oxygen atoms in total. The van der Waals surface area contributed by atoms with Crippen molar-refractivity contribution < 1.29 is 10.0 Å².